The van der Waals surface area contributed by atoms with E-state index < -0.39 is 67.5 Å². The number of aliphatic hydroxyl groups is 5. The standard InChI is InChI=1S/C22H26O11/c23-8-11-7-14(31-20(29)10-1-3-12(25)4-2-10)13-5-6-30-21(16(11)13)33-22-19(28)18(27)17(26)15(9-24)32-22/h1-7,13-19,21-28H,8-9H2/t13-,14-,15+,16+,17-,18+,19+,21+,22+/m1/s1. The molecule has 180 valence electrons. The fourth-order valence-corrected chi connectivity index (χ4v) is 4.26. The summed E-state index contributed by atoms with van der Waals surface area (Å²) >= 11 is 0. The maximum atomic E-state index is 12.5. The largest absolute Gasteiger partial charge is 0.508 e. The molecule has 0 radical (unpaired) electrons. The van der Waals surface area contributed by atoms with Crippen LogP contribution in [0.1, 0.15) is 10.4 Å². The van der Waals surface area contributed by atoms with Gasteiger partial charge in [-0.3, -0.25) is 0 Å². The Hall–Kier alpha value is -2.51. The van der Waals surface area contributed by atoms with Crippen molar-refractivity contribution in [3.63, 3.8) is 0 Å². The van der Waals surface area contributed by atoms with Crippen LogP contribution >= 0.6 is 0 Å². The first-order valence-electron chi connectivity index (χ1n) is 10.4. The predicted molar refractivity (Wildman–Crippen MR) is 108 cm³/mol. The quantitative estimate of drug-likeness (QED) is 0.219. The molecule has 0 amide bonds. The summed E-state index contributed by atoms with van der Waals surface area (Å²) in [5.74, 6) is -1.68. The monoisotopic (exact) mass is 466 g/mol. The van der Waals surface area contributed by atoms with Gasteiger partial charge in [0.25, 0.3) is 0 Å². The Bertz CT molecular complexity index is 896. The number of aromatic hydroxyl groups is 1. The third kappa shape index (κ3) is 4.62. The van der Waals surface area contributed by atoms with Crippen molar-refractivity contribution in [1.82, 2.24) is 0 Å². The minimum Gasteiger partial charge on any atom is -0.508 e. The Morgan fingerprint density at radius 1 is 1.00 bits per heavy atom. The third-order valence-electron chi connectivity index (χ3n) is 6.05. The van der Waals surface area contributed by atoms with Crippen LogP contribution in [0.15, 0.2) is 48.3 Å². The molecule has 1 aliphatic carbocycles. The Balaban J connectivity index is 1.49. The van der Waals surface area contributed by atoms with E-state index in [1.165, 1.54) is 30.5 Å². The molecule has 0 aromatic heterocycles. The maximum absolute atomic E-state index is 12.5. The Morgan fingerprint density at radius 2 is 1.73 bits per heavy atom. The molecular formula is C22H26O11. The molecule has 1 aromatic carbocycles. The molecule has 0 spiro atoms. The lowest BCUT2D eigenvalue weighted by molar-refractivity contribution is -0.339. The van der Waals surface area contributed by atoms with E-state index in [2.05, 4.69) is 0 Å². The molecule has 9 atom stereocenters. The molecule has 0 saturated carbocycles. The van der Waals surface area contributed by atoms with Gasteiger partial charge in [-0.2, -0.15) is 0 Å². The van der Waals surface area contributed by atoms with E-state index in [0.29, 0.717) is 5.57 Å². The lowest BCUT2D eigenvalue weighted by Crippen LogP contribution is -2.60. The Labute approximate surface area is 188 Å². The lowest BCUT2D eigenvalue weighted by atomic mass is 9.88. The zero-order valence-corrected chi connectivity index (χ0v) is 17.4. The van der Waals surface area contributed by atoms with E-state index in [1.807, 2.05) is 0 Å². The number of esters is 1. The van der Waals surface area contributed by atoms with Crippen molar-refractivity contribution in [2.24, 2.45) is 11.8 Å². The lowest BCUT2D eigenvalue weighted by Gasteiger charge is -2.42. The molecule has 11 nitrogen and oxygen atoms in total. The first-order chi connectivity index (χ1) is 15.8. The van der Waals surface area contributed by atoms with Crippen LogP contribution in [0.3, 0.4) is 0 Å². The van der Waals surface area contributed by atoms with Gasteiger partial charge in [0.15, 0.2) is 6.29 Å². The van der Waals surface area contributed by atoms with Crippen molar-refractivity contribution in [3.05, 3.63) is 53.8 Å². The van der Waals surface area contributed by atoms with Gasteiger partial charge in [-0.05, 0) is 42.0 Å². The predicted octanol–water partition coefficient (Wildman–Crippen LogP) is -1.23. The molecule has 0 unspecified atom stereocenters. The maximum Gasteiger partial charge on any atom is 0.338 e. The van der Waals surface area contributed by atoms with Crippen molar-refractivity contribution in [3.8, 4) is 5.75 Å². The number of hydrogen-bond acceptors (Lipinski definition) is 11. The number of carbonyl (C=O) groups excluding carboxylic acids is 1. The van der Waals surface area contributed by atoms with Crippen LogP contribution in [0.25, 0.3) is 0 Å². The summed E-state index contributed by atoms with van der Waals surface area (Å²) in [6, 6.07) is 5.57. The molecule has 6 N–H and O–H groups in total. The zero-order valence-electron chi connectivity index (χ0n) is 17.4. The summed E-state index contributed by atoms with van der Waals surface area (Å²) in [6.07, 6.45) is -4.61. The number of hydrogen-bond donors (Lipinski definition) is 6. The molecule has 2 heterocycles. The minimum atomic E-state index is -1.62. The molecule has 1 fully saturated rings. The van der Waals surface area contributed by atoms with Gasteiger partial charge in [0, 0.05) is 5.92 Å². The second-order valence-electron chi connectivity index (χ2n) is 8.09. The highest BCUT2D eigenvalue weighted by Crippen LogP contribution is 2.42. The first-order valence-corrected chi connectivity index (χ1v) is 10.4. The zero-order chi connectivity index (χ0) is 23.7. The summed E-state index contributed by atoms with van der Waals surface area (Å²) in [5.41, 5.74) is 0.711. The SMILES string of the molecule is O=C(O[C@@H]1C=C(CO)[C@@H]2[C@H](O[C@@H]3O[C@@H](CO)[C@@H](O)[C@H](O)[C@@H]3O)OC=C[C@@H]21)c1ccc(O)cc1. The molecule has 4 rings (SSSR count). The van der Waals surface area contributed by atoms with Crippen molar-refractivity contribution in [2.75, 3.05) is 13.2 Å². The van der Waals surface area contributed by atoms with E-state index in [0.717, 1.165) is 0 Å². The number of ether oxygens (including phenoxy) is 4. The molecular weight excluding hydrogens is 440 g/mol. The second kappa shape index (κ2) is 9.77. The number of benzene rings is 1. The van der Waals surface area contributed by atoms with Crippen molar-refractivity contribution in [2.45, 2.75) is 43.1 Å². The number of phenolic OH excluding ortho intramolecular Hbond substituents is 1. The van der Waals surface area contributed by atoms with Crippen LogP contribution in [0.4, 0.5) is 0 Å². The number of fused-ring (bicyclic) bond motifs is 1. The number of aliphatic hydroxyl groups excluding tert-OH is 5. The fraction of sp³-hybridized carbons (Fsp3) is 0.500. The Kier molecular flexibility index (Phi) is 7.00. The van der Waals surface area contributed by atoms with Crippen LogP contribution in [0.5, 0.6) is 5.75 Å². The number of rotatable bonds is 6. The molecule has 1 saturated heterocycles. The average molecular weight is 466 g/mol. The summed E-state index contributed by atoms with van der Waals surface area (Å²) in [6.45, 7) is -0.987. The van der Waals surface area contributed by atoms with Crippen LogP contribution in [0, 0.1) is 11.8 Å². The van der Waals surface area contributed by atoms with Crippen molar-refractivity contribution in [1.29, 1.82) is 0 Å². The first kappa shape index (κ1) is 23.6. The van der Waals surface area contributed by atoms with E-state index in [-0.39, 0.29) is 17.9 Å². The van der Waals surface area contributed by atoms with Gasteiger partial charge in [-0.15, -0.1) is 0 Å². The highest BCUT2D eigenvalue weighted by molar-refractivity contribution is 5.89. The van der Waals surface area contributed by atoms with E-state index in [9.17, 15) is 35.4 Å². The van der Waals surface area contributed by atoms with Crippen LogP contribution in [-0.4, -0.2) is 92.9 Å². The number of phenols is 1. The molecule has 11 heteroatoms. The Morgan fingerprint density at radius 3 is 2.39 bits per heavy atom. The smallest absolute Gasteiger partial charge is 0.338 e. The normalized spacial score (nSPS) is 37.7. The van der Waals surface area contributed by atoms with Crippen LogP contribution < -0.4 is 0 Å². The average Bonchev–Trinajstić information content (AvgIpc) is 3.18. The molecule has 1 aromatic rings. The topological polar surface area (TPSA) is 175 Å². The van der Waals surface area contributed by atoms with Gasteiger partial charge in [-0.1, -0.05) is 0 Å². The summed E-state index contributed by atoms with van der Waals surface area (Å²) in [7, 11) is 0. The van der Waals surface area contributed by atoms with E-state index >= 15 is 0 Å². The van der Waals surface area contributed by atoms with E-state index in [1.54, 1.807) is 12.2 Å². The van der Waals surface area contributed by atoms with Gasteiger partial charge < -0.3 is 49.6 Å². The molecule has 33 heavy (non-hydrogen) atoms. The second-order valence-corrected chi connectivity index (χ2v) is 8.09. The van der Waals surface area contributed by atoms with Crippen LogP contribution in [0.2, 0.25) is 0 Å². The highest BCUT2D eigenvalue weighted by Gasteiger charge is 2.50. The van der Waals surface area contributed by atoms with Crippen molar-refractivity contribution < 1.29 is 54.4 Å². The van der Waals surface area contributed by atoms with Crippen molar-refractivity contribution >= 4 is 5.97 Å². The van der Waals surface area contributed by atoms with Gasteiger partial charge >= 0.3 is 5.97 Å². The summed E-state index contributed by atoms with van der Waals surface area (Å²) in [4.78, 5) is 12.5. The molecule has 2 aliphatic heterocycles. The molecule has 3 aliphatic rings. The van der Waals surface area contributed by atoms with Gasteiger partial charge in [0.05, 0.1) is 31.0 Å². The summed E-state index contributed by atoms with van der Waals surface area (Å²) in [5, 5.41) is 58.8. The number of carbonyl (C=O) groups is 1. The minimum absolute atomic E-state index is 0.00971. The van der Waals surface area contributed by atoms with Crippen LogP contribution in [-0.2, 0) is 18.9 Å². The van der Waals surface area contributed by atoms with E-state index in [4.69, 9.17) is 18.9 Å². The third-order valence-corrected chi connectivity index (χ3v) is 6.05. The van der Waals surface area contributed by atoms with Gasteiger partial charge in [0.1, 0.15) is 36.3 Å². The summed E-state index contributed by atoms with van der Waals surface area (Å²) < 4.78 is 22.3. The molecule has 0 bridgehead atoms. The fourth-order valence-electron chi connectivity index (χ4n) is 4.26. The van der Waals surface area contributed by atoms with Gasteiger partial charge in [-0.25, -0.2) is 4.79 Å². The highest BCUT2D eigenvalue weighted by atomic mass is 16.8. The van der Waals surface area contributed by atoms with Gasteiger partial charge in [0.2, 0.25) is 6.29 Å².